The van der Waals surface area contributed by atoms with E-state index >= 15 is 0 Å². The first kappa shape index (κ1) is 26.9. The van der Waals surface area contributed by atoms with E-state index in [1.807, 2.05) is 0 Å². The summed E-state index contributed by atoms with van der Waals surface area (Å²) < 4.78 is 74.5. The van der Waals surface area contributed by atoms with Crippen LogP contribution in [0.1, 0.15) is 43.4 Å². The van der Waals surface area contributed by atoms with E-state index in [9.17, 15) is 17.2 Å². The summed E-state index contributed by atoms with van der Waals surface area (Å²) >= 11 is 5.84. The number of hydrogen-bond acceptors (Lipinski definition) is 9. The number of benzene rings is 1. The molecule has 1 N–H and O–H groups in total. The highest BCUT2D eigenvalue weighted by Crippen LogP contribution is 2.49. The van der Waals surface area contributed by atoms with Crippen LogP contribution in [0.15, 0.2) is 30.6 Å². The molecule has 0 radical (unpaired) electrons. The summed E-state index contributed by atoms with van der Waals surface area (Å²) in [6.45, 7) is 1.41. The van der Waals surface area contributed by atoms with E-state index < -0.39 is 46.1 Å². The van der Waals surface area contributed by atoms with Crippen molar-refractivity contribution in [1.29, 1.82) is 0 Å². The van der Waals surface area contributed by atoms with Crippen molar-refractivity contribution in [3.63, 3.8) is 0 Å². The van der Waals surface area contributed by atoms with Crippen LogP contribution in [0.25, 0.3) is 5.69 Å². The predicted molar refractivity (Wildman–Crippen MR) is 130 cm³/mol. The number of halogens is 3. The third-order valence-electron chi connectivity index (χ3n) is 6.07. The minimum Gasteiger partial charge on any atom is -0.494 e. The highest BCUT2D eigenvalue weighted by molar-refractivity contribution is 7.93. The average Bonchev–Trinajstić information content (AvgIpc) is 3.25. The Kier molecular flexibility index (Phi) is 7.53. The Morgan fingerprint density at radius 3 is 2.22 bits per heavy atom. The second-order valence-corrected chi connectivity index (χ2v) is 10.9. The van der Waals surface area contributed by atoms with Crippen molar-refractivity contribution in [1.82, 2.24) is 24.7 Å². The van der Waals surface area contributed by atoms with Gasteiger partial charge in [0, 0.05) is 38.3 Å². The van der Waals surface area contributed by atoms with Gasteiger partial charge >= 0.3 is 0 Å². The van der Waals surface area contributed by atoms with Gasteiger partial charge in [-0.25, -0.2) is 27.2 Å². The van der Waals surface area contributed by atoms with Crippen molar-refractivity contribution < 1.29 is 31.4 Å². The number of para-hydroxylation sites is 1. The Morgan fingerprint density at radius 2 is 1.70 bits per heavy atom. The summed E-state index contributed by atoms with van der Waals surface area (Å²) in [6, 6.07) is 4.91. The molecule has 200 valence electrons. The molecule has 0 aliphatic heterocycles. The molecule has 0 unspecified atom stereocenters. The van der Waals surface area contributed by atoms with Gasteiger partial charge in [-0.3, -0.25) is 9.29 Å². The Balaban J connectivity index is 1.77. The van der Waals surface area contributed by atoms with Crippen molar-refractivity contribution in [2.45, 2.75) is 43.0 Å². The first-order chi connectivity index (χ1) is 17.5. The maximum atomic E-state index is 13.7. The fourth-order valence-electron chi connectivity index (χ4n) is 4.10. The molecule has 0 saturated heterocycles. The quantitative estimate of drug-likeness (QED) is 0.395. The Morgan fingerprint density at radius 1 is 1.11 bits per heavy atom. The van der Waals surface area contributed by atoms with Crippen molar-refractivity contribution in [2.24, 2.45) is 0 Å². The van der Waals surface area contributed by atoms with Crippen molar-refractivity contribution in [2.75, 3.05) is 26.1 Å². The number of anilines is 1. The van der Waals surface area contributed by atoms with Crippen LogP contribution >= 0.6 is 11.6 Å². The van der Waals surface area contributed by atoms with Crippen molar-refractivity contribution in [3.8, 4) is 17.2 Å². The summed E-state index contributed by atoms with van der Waals surface area (Å²) in [7, 11) is -0.0571. The molecule has 1 aliphatic carbocycles. The highest BCUT2D eigenvalue weighted by Gasteiger charge is 2.49. The third-order valence-corrected chi connectivity index (χ3v) is 7.96. The lowest BCUT2D eigenvalue weighted by molar-refractivity contribution is -0.0888. The molecule has 2 atom stereocenters. The zero-order chi connectivity index (χ0) is 27.0. The van der Waals surface area contributed by atoms with E-state index in [1.165, 1.54) is 45.2 Å². The number of sulfonamides is 1. The lowest BCUT2D eigenvalue weighted by atomic mass is 9.80. The molecule has 1 aliphatic rings. The predicted octanol–water partition coefficient (Wildman–Crippen LogP) is 3.76. The third kappa shape index (κ3) is 5.31. The molecule has 2 aromatic heterocycles. The molecule has 4 rings (SSSR count). The first-order valence-corrected chi connectivity index (χ1v) is 13.0. The van der Waals surface area contributed by atoms with Gasteiger partial charge in [-0.05, 0) is 19.1 Å². The molecular weight excluding hydrogens is 534 g/mol. The van der Waals surface area contributed by atoms with Crippen LogP contribution in [0, 0.1) is 0 Å². The van der Waals surface area contributed by atoms with Gasteiger partial charge in [-0.1, -0.05) is 17.7 Å². The van der Waals surface area contributed by atoms with Gasteiger partial charge in [0.1, 0.15) is 34.4 Å². The highest BCUT2D eigenvalue weighted by atomic mass is 35.5. The van der Waals surface area contributed by atoms with Gasteiger partial charge in [0.15, 0.2) is 5.82 Å². The van der Waals surface area contributed by atoms with Crippen molar-refractivity contribution in [3.05, 3.63) is 47.3 Å². The second kappa shape index (κ2) is 10.3. The molecule has 3 aromatic rings. The van der Waals surface area contributed by atoms with Crippen LogP contribution in [0.5, 0.6) is 11.5 Å². The van der Waals surface area contributed by atoms with Gasteiger partial charge in [-0.15, -0.1) is 10.2 Å². The number of rotatable bonds is 10. The minimum atomic E-state index is -4.22. The van der Waals surface area contributed by atoms with Gasteiger partial charge in [0.25, 0.3) is 0 Å². The van der Waals surface area contributed by atoms with Gasteiger partial charge in [0.2, 0.25) is 21.9 Å². The van der Waals surface area contributed by atoms with E-state index in [-0.39, 0.29) is 28.3 Å². The number of alkyl halides is 2. The molecule has 15 heteroatoms. The molecule has 0 amide bonds. The van der Waals surface area contributed by atoms with E-state index in [2.05, 4.69) is 24.9 Å². The summed E-state index contributed by atoms with van der Waals surface area (Å²) in [4.78, 5) is 8.13. The van der Waals surface area contributed by atoms with Gasteiger partial charge in [-0.2, -0.15) is 0 Å². The Bertz CT molecular complexity index is 1340. The molecule has 1 fully saturated rings. The lowest BCUT2D eigenvalue weighted by Gasteiger charge is -2.34. The zero-order valence-corrected chi connectivity index (χ0v) is 21.9. The fraction of sp³-hybridized carbons (Fsp3) is 0.455. The summed E-state index contributed by atoms with van der Waals surface area (Å²) in [5.74, 6) is -2.90. The Labute approximate surface area is 217 Å². The molecule has 11 nitrogen and oxygen atoms in total. The Hall–Kier alpha value is -3.10. The zero-order valence-electron chi connectivity index (χ0n) is 20.4. The van der Waals surface area contributed by atoms with E-state index in [0.717, 1.165) is 0 Å². The molecule has 0 spiro atoms. The minimum absolute atomic E-state index is 0.107. The van der Waals surface area contributed by atoms with Gasteiger partial charge < -0.3 is 14.2 Å². The van der Waals surface area contributed by atoms with E-state index in [0.29, 0.717) is 11.5 Å². The number of hydrogen-bond donors (Lipinski definition) is 1. The summed E-state index contributed by atoms with van der Waals surface area (Å²) in [5.41, 5.74) is 0.261. The maximum Gasteiger partial charge on any atom is 0.249 e. The molecule has 1 aromatic carbocycles. The number of ether oxygens (including phenoxy) is 3. The van der Waals surface area contributed by atoms with Crippen LogP contribution in [0.4, 0.5) is 14.7 Å². The standard InChI is InChI=1S/C22H25ClF2N6O5S/c1-12(18(36-4)19-26-10-14(23)11-27-19)37(32,33)30-21-29-28-20(13-8-22(24,25)9-13)31(21)17-15(34-2)6-5-7-16(17)35-3/h5-7,10-13,18H,8-9H2,1-4H3,(H,29,30)/t12-,18-/m0/s1. The monoisotopic (exact) mass is 558 g/mol. The second-order valence-electron chi connectivity index (χ2n) is 8.46. The smallest absolute Gasteiger partial charge is 0.249 e. The fourth-order valence-corrected chi connectivity index (χ4v) is 5.33. The lowest BCUT2D eigenvalue weighted by Crippen LogP contribution is -2.36. The average molecular weight is 559 g/mol. The number of nitrogens with zero attached hydrogens (tertiary/aromatic N) is 5. The largest absolute Gasteiger partial charge is 0.494 e. The summed E-state index contributed by atoms with van der Waals surface area (Å²) in [6.07, 6.45) is 0.690. The number of nitrogens with one attached hydrogen (secondary N) is 1. The van der Waals surface area contributed by atoms with Gasteiger partial charge in [0.05, 0.1) is 19.2 Å². The van der Waals surface area contributed by atoms with Crippen LogP contribution in [-0.4, -0.2) is 65.7 Å². The van der Waals surface area contributed by atoms with Crippen LogP contribution in [0.3, 0.4) is 0 Å². The molecule has 37 heavy (non-hydrogen) atoms. The molecule has 2 heterocycles. The number of methoxy groups -OCH3 is 3. The molecular formula is C22H25ClF2N6O5S. The summed E-state index contributed by atoms with van der Waals surface area (Å²) in [5, 5.41) is 7.16. The topological polar surface area (TPSA) is 130 Å². The van der Waals surface area contributed by atoms with E-state index in [4.69, 9.17) is 25.8 Å². The number of aromatic nitrogens is 5. The molecule has 1 saturated carbocycles. The van der Waals surface area contributed by atoms with Crippen LogP contribution in [-0.2, 0) is 14.8 Å². The maximum absolute atomic E-state index is 13.7. The van der Waals surface area contributed by atoms with Crippen LogP contribution in [0.2, 0.25) is 5.02 Å². The van der Waals surface area contributed by atoms with Crippen molar-refractivity contribution >= 4 is 27.6 Å². The van der Waals surface area contributed by atoms with E-state index in [1.54, 1.807) is 18.2 Å². The molecule has 0 bridgehead atoms. The normalized spacial score (nSPS) is 17.1. The first-order valence-electron chi connectivity index (χ1n) is 11.1. The SMILES string of the molecule is COc1cccc(OC)c1-n1c(NS(=O)(=O)[C@@H](C)[C@H](OC)c2ncc(Cl)cn2)nnc1C1CC(F)(F)C1. The van der Waals surface area contributed by atoms with Crippen LogP contribution < -0.4 is 14.2 Å².